The quantitative estimate of drug-likeness (QED) is 0.557. The lowest BCUT2D eigenvalue weighted by molar-refractivity contribution is -0.105. The predicted octanol–water partition coefficient (Wildman–Crippen LogP) is 0.243. The van der Waals surface area contributed by atoms with Crippen LogP contribution in [0.1, 0.15) is 0 Å². The van der Waals surface area contributed by atoms with Crippen molar-refractivity contribution in [3.8, 4) is 0 Å². The molecule has 0 aliphatic rings. The number of carbonyl (C=O) groups excluding carboxylic acids is 1. The Morgan fingerprint density at radius 2 is 2.75 bits per heavy atom. The Morgan fingerprint density at radius 3 is 3.25 bits per heavy atom. The van der Waals surface area contributed by atoms with Gasteiger partial charge in [-0.1, -0.05) is 0 Å². The van der Waals surface area contributed by atoms with Gasteiger partial charge in [-0.15, -0.1) is 0 Å². The summed E-state index contributed by atoms with van der Waals surface area (Å²) in [6, 6.07) is 0. The number of hydrogen-bond acceptors (Lipinski definition) is 3. The van der Waals surface area contributed by atoms with Gasteiger partial charge in [-0.3, -0.25) is 4.79 Å². The molecule has 0 aromatic carbocycles. The molecule has 1 rings (SSSR count). The zero-order valence-corrected chi connectivity index (χ0v) is 4.00. The molecule has 8 heavy (non-hydrogen) atoms. The van der Waals surface area contributed by atoms with Crippen LogP contribution in [0.2, 0.25) is 0 Å². The number of nitrogens with zero attached hydrogens (tertiary/aromatic N) is 1. The van der Waals surface area contributed by atoms with Crippen molar-refractivity contribution in [2.75, 3.05) is 5.32 Å². The molecule has 4 nitrogen and oxygen atoms in total. The van der Waals surface area contributed by atoms with Crippen molar-refractivity contribution in [3.63, 3.8) is 0 Å². The van der Waals surface area contributed by atoms with E-state index >= 15 is 0 Å². The lowest BCUT2D eigenvalue weighted by Gasteiger charge is -1.81. The van der Waals surface area contributed by atoms with E-state index in [-0.39, 0.29) is 0 Å². The summed E-state index contributed by atoms with van der Waals surface area (Å²) in [6.45, 7) is 0. The van der Waals surface area contributed by atoms with Gasteiger partial charge >= 0.3 is 0 Å². The van der Waals surface area contributed by atoms with E-state index in [0.29, 0.717) is 12.2 Å². The van der Waals surface area contributed by atoms with Crippen molar-refractivity contribution >= 4 is 12.2 Å². The van der Waals surface area contributed by atoms with Gasteiger partial charge in [0.1, 0.15) is 6.26 Å². The molecule has 0 aliphatic carbocycles. The van der Waals surface area contributed by atoms with E-state index in [1.165, 1.54) is 12.7 Å². The summed E-state index contributed by atoms with van der Waals surface area (Å²) >= 11 is 0. The standard InChI is InChI=1S/C4H4N2O2/c7-2-5-4-1-8-3-6-4/h1-3H,(H,5,7). The van der Waals surface area contributed by atoms with Crippen LogP contribution in [0.5, 0.6) is 0 Å². The zero-order valence-electron chi connectivity index (χ0n) is 4.00. The minimum absolute atomic E-state index is 0.431. The highest BCUT2D eigenvalue weighted by Gasteiger charge is 1.87. The first-order chi connectivity index (χ1) is 3.93. The molecule has 0 spiro atoms. The van der Waals surface area contributed by atoms with Gasteiger partial charge in [0.05, 0.1) is 0 Å². The first kappa shape index (κ1) is 4.83. The van der Waals surface area contributed by atoms with Gasteiger partial charge in [0.15, 0.2) is 12.2 Å². The van der Waals surface area contributed by atoms with Gasteiger partial charge in [-0.2, -0.15) is 4.98 Å². The summed E-state index contributed by atoms with van der Waals surface area (Å²) < 4.78 is 4.53. The SMILES string of the molecule is O=CNc1cocn1. The third-order valence-corrected chi connectivity index (χ3v) is 0.639. The maximum atomic E-state index is 9.68. The predicted molar refractivity (Wildman–Crippen MR) is 26.2 cm³/mol. The second-order valence-electron chi connectivity index (χ2n) is 1.14. The van der Waals surface area contributed by atoms with Crippen molar-refractivity contribution in [2.24, 2.45) is 0 Å². The third kappa shape index (κ3) is 0.841. The van der Waals surface area contributed by atoms with Gasteiger partial charge in [-0.25, -0.2) is 0 Å². The van der Waals surface area contributed by atoms with Gasteiger partial charge < -0.3 is 9.73 Å². The fraction of sp³-hybridized carbons (Fsp3) is 0. The van der Waals surface area contributed by atoms with E-state index < -0.39 is 0 Å². The number of carbonyl (C=O) groups is 1. The lowest BCUT2D eigenvalue weighted by Crippen LogP contribution is -1.91. The average Bonchev–Trinajstić information content (AvgIpc) is 2.19. The van der Waals surface area contributed by atoms with Crippen LogP contribution >= 0.6 is 0 Å². The molecule has 0 fully saturated rings. The Bertz CT molecular complexity index is 159. The van der Waals surface area contributed by atoms with Gasteiger partial charge in [0, 0.05) is 0 Å². The number of rotatable bonds is 2. The van der Waals surface area contributed by atoms with E-state index in [0.717, 1.165) is 0 Å². The van der Waals surface area contributed by atoms with E-state index in [4.69, 9.17) is 0 Å². The molecule has 0 saturated carbocycles. The Morgan fingerprint density at radius 1 is 1.88 bits per heavy atom. The Balaban J connectivity index is 2.62. The van der Waals surface area contributed by atoms with Crippen molar-refractivity contribution < 1.29 is 9.21 Å². The number of amides is 1. The van der Waals surface area contributed by atoms with Gasteiger partial charge in [-0.05, 0) is 0 Å². The molecular weight excluding hydrogens is 108 g/mol. The van der Waals surface area contributed by atoms with Gasteiger partial charge in [0.2, 0.25) is 6.41 Å². The molecular formula is C4H4N2O2. The normalized spacial score (nSPS) is 8.50. The largest absolute Gasteiger partial charge is 0.449 e. The van der Waals surface area contributed by atoms with E-state index in [9.17, 15) is 4.79 Å². The van der Waals surface area contributed by atoms with E-state index in [1.807, 2.05) is 0 Å². The molecule has 42 valence electrons. The molecule has 0 saturated heterocycles. The summed E-state index contributed by atoms with van der Waals surface area (Å²) in [5, 5.41) is 2.30. The second kappa shape index (κ2) is 2.11. The molecule has 1 amide bonds. The Kier molecular flexibility index (Phi) is 1.27. The van der Waals surface area contributed by atoms with Gasteiger partial charge in [0.25, 0.3) is 0 Å². The van der Waals surface area contributed by atoms with Crippen LogP contribution < -0.4 is 5.32 Å². The fourth-order valence-electron chi connectivity index (χ4n) is 0.344. The minimum atomic E-state index is 0.431. The highest BCUT2D eigenvalue weighted by atomic mass is 16.3. The monoisotopic (exact) mass is 112 g/mol. The van der Waals surface area contributed by atoms with E-state index in [1.54, 1.807) is 0 Å². The van der Waals surface area contributed by atoms with Crippen molar-refractivity contribution in [3.05, 3.63) is 12.7 Å². The van der Waals surface area contributed by atoms with Crippen LogP contribution in [0.25, 0.3) is 0 Å². The molecule has 1 N–H and O–H groups in total. The van der Waals surface area contributed by atoms with Crippen molar-refractivity contribution in [1.82, 2.24) is 4.98 Å². The molecule has 0 atom stereocenters. The number of anilines is 1. The summed E-state index contributed by atoms with van der Waals surface area (Å²) in [5.41, 5.74) is 0. The summed E-state index contributed by atoms with van der Waals surface area (Å²) in [6.07, 6.45) is 3.12. The number of nitrogens with one attached hydrogen (secondary N) is 1. The Labute approximate surface area is 45.5 Å². The molecule has 0 bridgehead atoms. The molecule has 1 aromatic heterocycles. The summed E-state index contributed by atoms with van der Waals surface area (Å²) in [5.74, 6) is 0.431. The van der Waals surface area contributed by atoms with Crippen LogP contribution in [0, 0.1) is 0 Å². The van der Waals surface area contributed by atoms with Crippen molar-refractivity contribution in [2.45, 2.75) is 0 Å². The first-order valence-corrected chi connectivity index (χ1v) is 2.02. The summed E-state index contributed by atoms with van der Waals surface area (Å²) in [4.78, 5) is 13.3. The molecule has 0 radical (unpaired) electrons. The number of aromatic nitrogens is 1. The van der Waals surface area contributed by atoms with Crippen LogP contribution in [-0.4, -0.2) is 11.4 Å². The molecule has 4 heteroatoms. The molecule has 0 aliphatic heterocycles. The maximum Gasteiger partial charge on any atom is 0.212 e. The molecule has 0 unspecified atom stereocenters. The highest BCUT2D eigenvalue weighted by Crippen LogP contribution is 1.97. The Hall–Kier alpha value is -1.32. The smallest absolute Gasteiger partial charge is 0.212 e. The number of oxazole rings is 1. The second-order valence-corrected chi connectivity index (χ2v) is 1.14. The van der Waals surface area contributed by atoms with Crippen LogP contribution in [0.15, 0.2) is 17.1 Å². The summed E-state index contributed by atoms with van der Waals surface area (Å²) in [7, 11) is 0. The van der Waals surface area contributed by atoms with Crippen LogP contribution in [0.4, 0.5) is 5.82 Å². The van der Waals surface area contributed by atoms with Crippen LogP contribution in [0.3, 0.4) is 0 Å². The van der Waals surface area contributed by atoms with Crippen molar-refractivity contribution in [1.29, 1.82) is 0 Å². The molecule has 1 aromatic rings. The zero-order chi connectivity index (χ0) is 5.82. The highest BCUT2D eigenvalue weighted by molar-refractivity contribution is 5.67. The fourth-order valence-corrected chi connectivity index (χ4v) is 0.344. The molecule has 1 heterocycles. The first-order valence-electron chi connectivity index (χ1n) is 2.02. The van der Waals surface area contributed by atoms with Crippen LogP contribution in [-0.2, 0) is 4.79 Å². The lowest BCUT2D eigenvalue weighted by atomic mass is 10.8. The maximum absolute atomic E-state index is 9.68. The minimum Gasteiger partial charge on any atom is -0.449 e. The average molecular weight is 112 g/mol. The topological polar surface area (TPSA) is 55.1 Å². The van der Waals surface area contributed by atoms with E-state index in [2.05, 4.69) is 14.7 Å². The number of hydrogen-bond donors (Lipinski definition) is 1. The third-order valence-electron chi connectivity index (χ3n) is 0.639.